The molecule has 0 aromatic carbocycles. The lowest BCUT2D eigenvalue weighted by atomic mass is 9.75. The van der Waals surface area contributed by atoms with Crippen molar-refractivity contribution in [3.63, 3.8) is 0 Å². The van der Waals surface area contributed by atoms with Gasteiger partial charge in [-0.15, -0.1) is 0 Å². The number of aliphatic carboxylic acids is 1. The summed E-state index contributed by atoms with van der Waals surface area (Å²) in [7, 11) is 0. The molecule has 5 nitrogen and oxygen atoms in total. The van der Waals surface area contributed by atoms with Crippen molar-refractivity contribution in [3.05, 3.63) is 28.5 Å². The van der Waals surface area contributed by atoms with Gasteiger partial charge in [-0.25, -0.2) is 4.98 Å². The van der Waals surface area contributed by atoms with Gasteiger partial charge in [0, 0.05) is 23.8 Å². The highest BCUT2D eigenvalue weighted by molar-refractivity contribution is 9.10. The highest BCUT2D eigenvalue weighted by atomic mass is 79.9. The van der Waals surface area contributed by atoms with E-state index in [-0.39, 0.29) is 5.91 Å². The van der Waals surface area contributed by atoms with Gasteiger partial charge in [0.05, 0.1) is 5.41 Å². The second-order valence-corrected chi connectivity index (χ2v) is 6.41. The van der Waals surface area contributed by atoms with Gasteiger partial charge in [0.2, 0.25) is 0 Å². The molecule has 0 aliphatic carbocycles. The number of rotatable bonds is 4. The lowest BCUT2D eigenvalue weighted by Crippen LogP contribution is -2.46. The van der Waals surface area contributed by atoms with Gasteiger partial charge in [-0.3, -0.25) is 9.59 Å². The number of halogens is 1. The molecule has 21 heavy (non-hydrogen) atoms. The number of hydrogen-bond donors (Lipinski definition) is 1. The summed E-state index contributed by atoms with van der Waals surface area (Å²) in [4.78, 5) is 29.7. The van der Waals surface area contributed by atoms with Gasteiger partial charge in [-0.2, -0.15) is 0 Å². The van der Waals surface area contributed by atoms with Crippen LogP contribution in [0.2, 0.25) is 0 Å². The molecule has 0 radical (unpaired) electrons. The van der Waals surface area contributed by atoms with E-state index in [0.717, 1.165) is 10.9 Å². The molecule has 1 N–H and O–H groups in total. The van der Waals surface area contributed by atoms with Gasteiger partial charge in [-0.1, -0.05) is 13.3 Å². The minimum absolute atomic E-state index is 0.127. The third-order valence-corrected chi connectivity index (χ3v) is 4.61. The molecule has 0 spiro atoms. The maximum Gasteiger partial charge on any atom is 0.309 e. The molecule has 1 saturated heterocycles. The zero-order valence-electron chi connectivity index (χ0n) is 12.0. The molecule has 1 amide bonds. The molecule has 2 rings (SSSR count). The van der Waals surface area contributed by atoms with Crippen molar-refractivity contribution in [2.24, 2.45) is 5.41 Å². The molecule has 2 heterocycles. The second-order valence-electron chi connectivity index (χ2n) is 5.49. The Labute approximate surface area is 132 Å². The molecule has 0 bridgehead atoms. The van der Waals surface area contributed by atoms with Crippen molar-refractivity contribution in [2.75, 3.05) is 13.1 Å². The van der Waals surface area contributed by atoms with Crippen LogP contribution in [0.5, 0.6) is 0 Å². The molecule has 1 aliphatic heterocycles. The lowest BCUT2D eigenvalue weighted by Gasteiger charge is -2.38. The number of likely N-dealkylation sites (tertiary alicyclic amines) is 1. The lowest BCUT2D eigenvalue weighted by molar-refractivity contribution is -0.152. The minimum atomic E-state index is -0.738. The zero-order chi connectivity index (χ0) is 15.5. The number of hydrogen-bond acceptors (Lipinski definition) is 3. The summed E-state index contributed by atoms with van der Waals surface area (Å²) in [6.45, 7) is 2.94. The highest BCUT2D eigenvalue weighted by Gasteiger charge is 2.41. The summed E-state index contributed by atoms with van der Waals surface area (Å²) in [6, 6.07) is 3.46. The first kappa shape index (κ1) is 15.9. The number of nitrogens with zero attached hydrogens (tertiary/aromatic N) is 2. The minimum Gasteiger partial charge on any atom is -0.481 e. The van der Waals surface area contributed by atoms with Crippen LogP contribution >= 0.6 is 15.9 Å². The maximum absolute atomic E-state index is 12.4. The number of piperidine rings is 1. The van der Waals surface area contributed by atoms with E-state index >= 15 is 0 Å². The van der Waals surface area contributed by atoms with Crippen molar-refractivity contribution in [1.82, 2.24) is 9.88 Å². The standard InChI is InChI=1S/C15H19BrN2O3/c1-2-5-15(14(20)21)6-8-18(9-7-15)13(19)12-4-3-11(16)10-17-12/h3-4,10H,2,5-9H2,1H3,(H,20,21). The van der Waals surface area contributed by atoms with E-state index < -0.39 is 11.4 Å². The number of carbonyl (C=O) groups is 2. The highest BCUT2D eigenvalue weighted by Crippen LogP contribution is 2.36. The van der Waals surface area contributed by atoms with E-state index in [2.05, 4.69) is 20.9 Å². The molecular weight excluding hydrogens is 336 g/mol. The number of carbonyl (C=O) groups excluding carboxylic acids is 1. The zero-order valence-corrected chi connectivity index (χ0v) is 13.6. The van der Waals surface area contributed by atoms with Gasteiger partial charge in [-0.05, 0) is 47.3 Å². The summed E-state index contributed by atoms with van der Waals surface area (Å²) in [5, 5.41) is 9.47. The summed E-state index contributed by atoms with van der Waals surface area (Å²) < 4.78 is 0.825. The first-order valence-corrected chi connectivity index (χ1v) is 7.92. The number of amides is 1. The van der Waals surface area contributed by atoms with Crippen LogP contribution in [0.1, 0.15) is 43.1 Å². The Morgan fingerprint density at radius 3 is 2.52 bits per heavy atom. The molecular formula is C15H19BrN2O3. The Kier molecular flexibility index (Phi) is 4.98. The van der Waals surface area contributed by atoms with E-state index in [1.807, 2.05) is 6.92 Å². The average molecular weight is 355 g/mol. The summed E-state index contributed by atoms with van der Waals surface area (Å²) in [5.41, 5.74) is -0.268. The predicted molar refractivity (Wildman–Crippen MR) is 82.1 cm³/mol. The largest absolute Gasteiger partial charge is 0.481 e. The smallest absolute Gasteiger partial charge is 0.309 e. The van der Waals surface area contributed by atoms with Gasteiger partial charge in [0.1, 0.15) is 5.69 Å². The van der Waals surface area contributed by atoms with Crippen molar-refractivity contribution in [2.45, 2.75) is 32.6 Å². The monoisotopic (exact) mass is 354 g/mol. The Morgan fingerprint density at radius 1 is 1.38 bits per heavy atom. The molecule has 1 aliphatic rings. The molecule has 1 aromatic rings. The average Bonchev–Trinajstić information content (AvgIpc) is 2.48. The van der Waals surface area contributed by atoms with Crippen molar-refractivity contribution in [3.8, 4) is 0 Å². The first-order chi connectivity index (χ1) is 9.98. The third kappa shape index (κ3) is 3.43. The molecule has 6 heteroatoms. The quantitative estimate of drug-likeness (QED) is 0.902. The van der Waals surface area contributed by atoms with Gasteiger partial charge in [0.15, 0.2) is 0 Å². The normalized spacial score (nSPS) is 17.5. The first-order valence-electron chi connectivity index (χ1n) is 7.13. The molecule has 1 aromatic heterocycles. The molecule has 114 valence electrons. The Balaban J connectivity index is 2.04. The summed E-state index contributed by atoms with van der Waals surface area (Å²) >= 11 is 3.29. The van der Waals surface area contributed by atoms with Crippen LogP contribution in [-0.2, 0) is 4.79 Å². The van der Waals surface area contributed by atoms with E-state index in [1.165, 1.54) is 0 Å². The van der Waals surface area contributed by atoms with E-state index in [9.17, 15) is 14.7 Å². The fraction of sp³-hybridized carbons (Fsp3) is 0.533. The SMILES string of the molecule is CCCC1(C(=O)O)CCN(C(=O)c2ccc(Br)cn2)CC1. The van der Waals surface area contributed by atoms with E-state index in [4.69, 9.17) is 0 Å². The van der Waals surface area contributed by atoms with Crippen molar-refractivity contribution in [1.29, 1.82) is 0 Å². The van der Waals surface area contributed by atoms with Crippen LogP contribution in [-0.4, -0.2) is 40.0 Å². The number of carboxylic acids is 1. The fourth-order valence-corrected chi connectivity index (χ4v) is 3.09. The van der Waals surface area contributed by atoms with Crippen molar-refractivity contribution >= 4 is 27.8 Å². The van der Waals surface area contributed by atoms with Gasteiger partial charge in [0.25, 0.3) is 5.91 Å². The molecule has 0 saturated carbocycles. The summed E-state index contributed by atoms with van der Waals surface area (Å²) in [5.74, 6) is -0.865. The second kappa shape index (κ2) is 6.56. The van der Waals surface area contributed by atoms with Gasteiger partial charge < -0.3 is 10.0 Å². The van der Waals surface area contributed by atoms with Crippen LogP contribution in [0.3, 0.4) is 0 Å². The van der Waals surface area contributed by atoms with Crippen LogP contribution in [0.4, 0.5) is 0 Å². The molecule has 0 unspecified atom stereocenters. The molecule has 1 fully saturated rings. The number of pyridine rings is 1. The van der Waals surface area contributed by atoms with Crippen LogP contribution in [0.15, 0.2) is 22.8 Å². The number of aromatic nitrogens is 1. The topological polar surface area (TPSA) is 70.5 Å². The maximum atomic E-state index is 12.4. The number of carboxylic acid groups (broad SMARTS) is 1. The molecule has 0 atom stereocenters. The van der Waals surface area contributed by atoms with E-state index in [0.29, 0.717) is 38.0 Å². The Bertz CT molecular complexity index is 522. The van der Waals surface area contributed by atoms with Crippen LogP contribution in [0.25, 0.3) is 0 Å². The van der Waals surface area contributed by atoms with Crippen LogP contribution in [0, 0.1) is 5.41 Å². The van der Waals surface area contributed by atoms with Gasteiger partial charge >= 0.3 is 5.97 Å². The Hall–Kier alpha value is -1.43. The fourth-order valence-electron chi connectivity index (χ4n) is 2.85. The van der Waals surface area contributed by atoms with Crippen LogP contribution < -0.4 is 0 Å². The van der Waals surface area contributed by atoms with E-state index in [1.54, 1.807) is 23.2 Å². The Morgan fingerprint density at radius 2 is 2.05 bits per heavy atom. The third-order valence-electron chi connectivity index (χ3n) is 4.14. The van der Waals surface area contributed by atoms with Crippen molar-refractivity contribution < 1.29 is 14.7 Å². The predicted octanol–water partition coefficient (Wildman–Crippen LogP) is 2.95. The summed E-state index contributed by atoms with van der Waals surface area (Å²) in [6.07, 6.45) is 4.13.